The molecule has 30 heavy (non-hydrogen) atoms. The van der Waals surface area contributed by atoms with E-state index in [2.05, 4.69) is 39.4 Å². The Morgan fingerprint density at radius 1 is 1.00 bits per heavy atom. The van der Waals surface area contributed by atoms with Gasteiger partial charge in [0.25, 0.3) is 5.69 Å². The van der Waals surface area contributed by atoms with Crippen molar-refractivity contribution < 1.29 is 9.72 Å². The number of nitrogens with zero attached hydrogens (tertiary/aromatic N) is 4. The van der Waals surface area contributed by atoms with Gasteiger partial charge in [-0.15, -0.1) is 0 Å². The van der Waals surface area contributed by atoms with Gasteiger partial charge in [-0.25, -0.2) is 4.79 Å². The predicted molar refractivity (Wildman–Crippen MR) is 117 cm³/mol. The van der Waals surface area contributed by atoms with Crippen LogP contribution in [0.25, 0.3) is 0 Å². The fourth-order valence-corrected chi connectivity index (χ4v) is 4.17. The molecule has 0 aliphatic carbocycles. The van der Waals surface area contributed by atoms with Crippen LogP contribution < -0.4 is 15.1 Å². The van der Waals surface area contributed by atoms with Crippen LogP contribution in [0.1, 0.15) is 12.0 Å². The smallest absolute Gasteiger partial charge is 0.317 e. The fraction of sp³-hybridized carbons (Fsp3) is 0.409. The second-order valence-corrected chi connectivity index (χ2v) is 7.70. The Morgan fingerprint density at radius 3 is 2.47 bits per heavy atom. The molecule has 2 aromatic carbocycles. The number of benzene rings is 2. The molecule has 158 valence electrons. The zero-order valence-corrected chi connectivity index (χ0v) is 17.0. The van der Waals surface area contributed by atoms with Gasteiger partial charge >= 0.3 is 6.03 Å². The lowest BCUT2D eigenvalue weighted by Crippen LogP contribution is -2.52. The zero-order chi connectivity index (χ0) is 20.9. The minimum absolute atomic E-state index is 0.0137. The van der Waals surface area contributed by atoms with Crippen LogP contribution >= 0.6 is 0 Å². The summed E-state index contributed by atoms with van der Waals surface area (Å²) in [6.07, 6.45) is 2.02. The summed E-state index contributed by atoms with van der Waals surface area (Å²) in [5.74, 6) is 0. The molecule has 8 nitrogen and oxygen atoms in total. The molecule has 0 radical (unpaired) electrons. The van der Waals surface area contributed by atoms with E-state index in [4.69, 9.17) is 0 Å². The lowest BCUT2D eigenvalue weighted by atomic mass is 10.2. The van der Waals surface area contributed by atoms with Gasteiger partial charge in [0.1, 0.15) is 0 Å². The van der Waals surface area contributed by atoms with Gasteiger partial charge in [-0.05, 0) is 36.6 Å². The van der Waals surface area contributed by atoms with Gasteiger partial charge in [0.2, 0.25) is 0 Å². The number of urea groups is 1. The molecule has 0 saturated carbocycles. The highest BCUT2D eigenvalue weighted by Gasteiger charge is 2.22. The molecular formula is C22H27N5O3. The molecular weight excluding hydrogens is 382 g/mol. The van der Waals surface area contributed by atoms with E-state index < -0.39 is 4.92 Å². The van der Waals surface area contributed by atoms with E-state index in [1.54, 1.807) is 12.1 Å². The van der Waals surface area contributed by atoms with Crippen molar-refractivity contribution in [3.05, 3.63) is 64.2 Å². The first-order valence-electron chi connectivity index (χ1n) is 10.5. The molecule has 2 amide bonds. The maximum absolute atomic E-state index is 12.5. The number of rotatable bonds is 6. The SMILES string of the molecule is O=C(NCCCN1CCc2ccccc21)N1CCN(c2ccc([N+](=O)[O-])cc2)CC1. The third-order valence-corrected chi connectivity index (χ3v) is 5.86. The number of non-ortho nitro benzene ring substituents is 1. The molecule has 0 bridgehead atoms. The molecule has 0 unspecified atom stereocenters. The average Bonchev–Trinajstić information content (AvgIpc) is 3.20. The van der Waals surface area contributed by atoms with Gasteiger partial charge in [0, 0.05) is 69.3 Å². The van der Waals surface area contributed by atoms with Crippen LogP contribution in [-0.2, 0) is 6.42 Å². The molecule has 1 N–H and O–H groups in total. The average molecular weight is 409 g/mol. The summed E-state index contributed by atoms with van der Waals surface area (Å²) in [6.45, 7) is 5.39. The number of carbonyl (C=O) groups is 1. The topological polar surface area (TPSA) is 82.0 Å². The van der Waals surface area contributed by atoms with E-state index in [1.165, 1.54) is 23.4 Å². The molecule has 2 aromatic rings. The van der Waals surface area contributed by atoms with Crippen LogP contribution in [0.4, 0.5) is 21.9 Å². The molecule has 2 aliphatic rings. The highest BCUT2D eigenvalue weighted by Crippen LogP contribution is 2.27. The molecule has 4 rings (SSSR count). The maximum Gasteiger partial charge on any atom is 0.317 e. The Balaban J connectivity index is 1.17. The number of carbonyl (C=O) groups excluding carboxylic acids is 1. The number of nitro groups is 1. The summed E-state index contributed by atoms with van der Waals surface area (Å²) < 4.78 is 0. The number of anilines is 2. The third kappa shape index (κ3) is 4.48. The van der Waals surface area contributed by atoms with Crippen LogP contribution in [0.5, 0.6) is 0 Å². The number of hydrogen-bond acceptors (Lipinski definition) is 5. The summed E-state index contributed by atoms with van der Waals surface area (Å²) in [5.41, 5.74) is 3.78. The Morgan fingerprint density at radius 2 is 1.73 bits per heavy atom. The highest BCUT2D eigenvalue weighted by atomic mass is 16.6. The monoisotopic (exact) mass is 409 g/mol. The molecule has 2 aliphatic heterocycles. The molecule has 0 spiro atoms. The lowest BCUT2D eigenvalue weighted by molar-refractivity contribution is -0.384. The molecule has 0 atom stereocenters. The minimum Gasteiger partial charge on any atom is -0.371 e. The highest BCUT2D eigenvalue weighted by molar-refractivity contribution is 5.74. The number of nitrogens with one attached hydrogen (secondary N) is 1. The first-order chi connectivity index (χ1) is 14.6. The van der Waals surface area contributed by atoms with E-state index in [0.29, 0.717) is 19.6 Å². The predicted octanol–water partition coefficient (Wildman–Crippen LogP) is 2.88. The first-order valence-corrected chi connectivity index (χ1v) is 10.5. The number of piperazine rings is 1. The molecule has 2 heterocycles. The fourth-order valence-electron chi connectivity index (χ4n) is 4.17. The first kappa shape index (κ1) is 20.0. The largest absolute Gasteiger partial charge is 0.371 e. The van der Waals surface area contributed by atoms with Gasteiger partial charge < -0.3 is 20.0 Å². The van der Waals surface area contributed by atoms with Gasteiger partial charge in [-0.2, -0.15) is 0 Å². The Hall–Kier alpha value is -3.29. The summed E-state index contributed by atoms with van der Waals surface area (Å²) in [5, 5.41) is 13.8. The van der Waals surface area contributed by atoms with Crippen LogP contribution in [0.15, 0.2) is 48.5 Å². The van der Waals surface area contributed by atoms with Gasteiger partial charge in [-0.3, -0.25) is 10.1 Å². The van der Waals surface area contributed by atoms with E-state index in [0.717, 1.165) is 44.7 Å². The maximum atomic E-state index is 12.5. The summed E-state index contributed by atoms with van der Waals surface area (Å²) in [7, 11) is 0. The molecule has 1 fully saturated rings. The summed E-state index contributed by atoms with van der Waals surface area (Å²) in [6, 6.07) is 15.1. The molecule has 0 aromatic heterocycles. The zero-order valence-electron chi connectivity index (χ0n) is 17.0. The standard InChI is InChI=1S/C22H27N5O3/c28-22(23-11-3-12-25-13-10-18-4-1-2-5-21(18)25)26-16-14-24(15-17-26)19-6-8-20(9-7-19)27(29)30/h1-2,4-9H,3,10-17H2,(H,23,28). The van der Waals surface area contributed by atoms with Crippen molar-refractivity contribution in [2.24, 2.45) is 0 Å². The number of para-hydroxylation sites is 1. The number of amides is 2. The second kappa shape index (κ2) is 9.02. The quantitative estimate of drug-likeness (QED) is 0.451. The van der Waals surface area contributed by atoms with Gasteiger partial charge in [-0.1, -0.05) is 18.2 Å². The Kier molecular flexibility index (Phi) is 6.02. The van der Waals surface area contributed by atoms with E-state index in [-0.39, 0.29) is 11.7 Å². The lowest BCUT2D eigenvalue weighted by Gasteiger charge is -2.36. The Bertz CT molecular complexity index is 894. The number of nitro benzene ring substituents is 1. The van der Waals surface area contributed by atoms with Gasteiger partial charge in [0.05, 0.1) is 4.92 Å². The van der Waals surface area contributed by atoms with Crippen LogP contribution in [0.2, 0.25) is 0 Å². The number of fused-ring (bicyclic) bond motifs is 1. The van der Waals surface area contributed by atoms with Crippen LogP contribution in [0, 0.1) is 10.1 Å². The van der Waals surface area contributed by atoms with Crippen molar-refractivity contribution >= 4 is 23.1 Å². The summed E-state index contributed by atoms with van der Waals surface area (Å²) in [4.78, 5) is 29.2. The van der Waals surface area contributed by atoms with Crippen molar-refractivity contribution in [1.29, 1.82) is 0 Å². The van der Waals surface area contributed by atoms with Crippen molar-refractivity contribution in [3.63, 3.8) is 0 Å². The summed E-state index contributed by atoms with van der Waals surface area (Å²) >= 11 is 0. The normalized spacial score (nSPS) is 15.8. The van der Waals surface area contributed by atoms with Crippen LogP contribution in [0.3, 0.4) is 0 Å². The van der Waals surface area contributed by atoms with Crippen molar-refractivity contribution in [1.82, 2.24) is 10.2 Å². The van der Waals surface area contributed by atoms with Gasteiger partial charge in [0.15, 0.2) is 0 Å². The minimum atomic E-state index is -0.394. The van der Waals surface area contributed by atoms with Crippen molar-refractivity contribution in [3.8, 4) is 0 Å². The number of hydrogen-bond donors (Lipinski definition) is 1. The van der Waals surface area contributed by atoms with E-state index >= 15 is 0 Å². The molecule has 8 heteroatoms. The second-order valence-electron chi connectivity index (χ2n) is 7.70. The van der Waals surface area contributed by atoms with Crippen LogP contribution in [-0.4, -0.2) is 61.7 Å². The third-order valence-electron chi connectivity index (χ3n) is 5.86. The van der Waals surface area contributed by atoms with Crippen molar-refractivity contribution in [2.75, 3.05) is 55.6 Å². The van der Waals surface area contributed by atoms with E-state index in [1.807, 2.05) is 4.90 Å². The van der Waals surface area contributed by atoms with Crippen molar-refractivity contribution in [2.45, 2.75) is 12.8 Å². The Labute approximate surface area is 176 Å². The van der Waals surface area contributed by atoms with E-state index in [9.17, 15) is 14.9 Å². The molecule has 1 saturated heterocycles.